The van der Waals surface area contributed by atoms with Crippen molar-refractivity contribution in [1.29, 1.82) is 0 Å². The Labute approximate surface area is 106 Å². The Bertz CT molecular complexity index is 640. The molecule has 1 aromatic rings. The first kappa shape index (κ1) is 12.9. The molecule has 0 saturated carbocycles. The van der Waals surface area contributed by atoms with Crippen molar-refractivity contribution in [2.45, 2.75) is 13.0 Å². The minimum Gasteiger partial charge on any atom is -0.504 e. The highest BCUT2D eigenvalue weighted by molar-refractivity contribution is 6.27. The van der Waals surface area contributed by atoms with Gasteiger partial charge in [-0.05, 0) is 13.0 Å². The van der Waals surface area contributed by atoms with Gasteiger partial charge in [-0.15, -0.1) is 0 Å². The SMILES string of the molecule is C[C@@H](O)C1=CC(=O)c2c(O)c(O)c(O)c(O)c2C1=O. The van der Waals surface area contributed by atoms with Crippen molar-refractivity contribution in [3.8, 4) is 23.0 Å². The highest BCUT2D eigenvalue weighted by Crippen LogP contribution is 2.49. The topological polar surface area (TPSA) is 135 Å². The Balaban J connectivity index is 2.84. The first-order chi connectivity index (χ1) is 8.77. The molecular formula is C12H10O7. The monoisotopic (exact) mass is 266 g/mol. The number of phenolic OH excluding ortho intramolecular Hbond substituents is 4. The van der Waals surface area contributed by atoms with E-state index in [1.165, 1.54) is 6.92 Å². The van der Waals surface area contributed by atoms with Crippen LogP contribution < -0.4 is 0 Å². The molecule has 0 fully saturated rings. The number of carbonyl (C=O) groups is 2. The molecule has 0 aliphatic heterocycles. The van der Waals surface area contributed by atoms with Crippen LogP contribution >= 0.6 is 0 Å². The summed E-state index contributed by atoms with van der Waals surface area (Å²) in [6, 6.07) is 0. The molecule has 0 bridgehead atoms. The highest BCUT2D eigenvalue weighted by atomic mass is 16.3. The van der Waals surface area contributed by atoms with Crippen LogP contribution in [0.1, 0.15) is 27.6 Å². The predicted octanol–water partition coefficient (Wildman–Crippen LogP) is 0.195. The summed E-state index contributed by atoms with van der Waals surface area (Å²) in [6.07, 6.45) is -0.451. The third kappa shape index (κ3) is 1.63. The summed E-state index contributed by atoms with van der Waals surface area (Å²) in [4.78, 5) is 23.8. The number of Topliss-reactive ketones (excluding diaryl/α,β-unsaturated/α-hetero) is 1. The van der Waals surface area contributed by atoms with Crippen molar-refractivity contribution in [2.75, 3.05) is 0 Å². The second kappa shape index (κ2) is 3.99. The number of aliphatic hydroxyl groups is 1. The Hall–Kier alpha value is -2.54. The van der Waals surface area contributed by atoms with Gasteiger partial charge in [-0.2, -0.15) is 0 Å². The van der Waals surface area contributed by atoms with E-state index in [1.54, 1.807) is 0 Å². The summed E-state index contributed by atoms with van der Waals surface area (Å²) >= 11 is 0. The number of aliphatic hydroxyl groups excluding tert-OH is 1. The number of hydrogen-bond donors (Lipinski definition) is 5. The fourth-order valence-electron chi connectivity index (χ4n) is 1.89. The average Bonchev–Trinajstić information content (AvgIpc) is 2.35. The molecule has 1 aliphatic carbocycles. The lowest BCUT2D eigenvalue weighted by Crippen LogP contribution is -2.23. The van der Waals surface area contributed by atoms with E-state index in [1.807, 2.05) is 0 Å². The van der Waals surface area contributed by atoms with Crippen LogP contribution in [0.5, 0.6) is 23.0 Å². The molecule has 1 atom stereocenters. The lowest BCUT2D eigenvalue weighted by Gasteiger charge is -2.19. The number of fused-ring (bicyclic) bond motifs is 1. The summed E-state index contributed by atoms with van der Waals surface area (Å²) in [7, 11) is 0. The van der Waals surface area contributed by atoms with E-state index >= 15 is 0 Å². The predicted molar refractivity (Wildman–Crippen MR) is 61.5 cm³/mol. The van der Waals surface area contributed by atoms with Gasteiger partial charge in [0.1, 0.15) is 0 Å². The van der Waals surface area contributed by atoms with E-state index < -0.39 is 51.8 Å². The normalized spacial score (nSPS) is 16.0. The minimum absolute atomic E-state index is 0.280. The summed E-state index contributed by atoms with van der Waals surface area (Å²) < 4.78 is 0. The Morgan fingerprint density at radius 3 is 1.84 bits per heavy atom. The number of benzene rings is 1. The van der Waals surface area contributed by atoms with Crippen molar-refractivity contribution >= 4 is 11.6 Å². The molecule has 0 radical (unpaired) electrons. The van der Waals surface area contributed by atoms with Crippen LogP contribution in [0.3, 0.4) is 0 Å². The first-order valence-electron chi connectivity index (χ1n) is 5.25. The summed E-state index contributed by atoms with van der Waals surface area (Å²) in [6.45, 7) is 1.25. The molecule has 2 rings (SSSR count). The van der Waals surface area contributed by atoms with Crippen LogP contribution in [0.25, 0.3) is 0 Å². The zero-order valence-corrected chi connectivity index (χ0v) is 9.71. The van der Waals surface area contributed by atoms with Crippen LogP contribution in [0, 0.1) is 0 Å². The smallest absolute Gasteiger partial charge is 0.205 e. The van der Waals surface area contributed by atoms with E-state index in [0.29, 0.717) is 0 Å². The van der Waals surface area contributed by atoms with Crippen LogP contribution in [0.2, 0.25) is 0 Å². The molecule has 0 heterocycles. The fraction of sp³-hybridized carbons (Fsp3) is 0.167. The zero-order valence-electron chi connectivity index (χ0n) is 9.71. The van der Waals surface area contributed by atoms with Gasteiger partial charge in [0.2, 0.25) is 11.5 Å². The summed E-state index contributed by atoms with van der Waals surface area (Å²) in [5.41, 5.74) is -1.53. The number of ketones is 2. The van der Waals surface area contributed by atoms with Crippen LogP contribution in [-0.4, -0.2) is 43.2 Å². The van der Waals surface area contributed by atoms with Gasteiger partial charge in [-0.25, -0.2) is 0 Å². The lowest BCUT2D eigenvalue weighted by molar-refractivity contribution is 0.0947. The van der Waals surface area contributed by atoms with Crippen molar-refractivity contribution in [3.63, 3.8) is 0 Å². The maximum Gasteiger partial charge on any atom is 0.205 e. The summed E-state index contributed by atoms with van der Waals surface area (Å²) in [5, 5.41) is 47.3. The molecule has 0 unspecified atom stereocenters. The van der Waals surface area contributed by atoms with Gasteiger partial charge in [0.15, 0.2) is 23.1 Å². The molecule has 7 nitrogen and oxygen atoms in total. The van der Waals surface area contributed by atoms with Gasteiger partial charge in [-0.3, -0.25) is 9.59 Å². The van der Waals surface area contributed by atoms with Crippen molar-refractivity contribution in [3.05, 3.63) is 22.8 Å². The largest absolute Gasteiger partial charge is 0.504 e. The number of allylic oxidation sites excluding steroid dienone is 1. The molecule has 5 N–H and O–H groups in total. The molecule has 1 aliphatic rings. The van der Waals surface area contributed by atoms with Gasteiger partial charge in [0, 0.05) is 5.57 Å². The number of carbonyl (C=O) groups excluding carboxylic acids is 2. The third-order valence-electron chi connectivity index (χ3n) is 2.87. The van der Waals surface area contributed by atoms with Crippen LogP contribution in [0.4, 0.5) is 0 Å². The van der Waals surface area contributed by atoms with Gasteiger partial charge in [0.05, 0.1) is 17.2 Å². The fourth-order valence-corrected chi connectivity index (χ4v) is 1.89. The minimum atomic E-state index is -1.26. The van der Waals surface area contributed by atoms with E-state index in [2.05, 4.69) is 0 Å². The van der Waals surface area contributed by atoms with E-state index in [-0.39, 0.29) is 5.57 Å². The zero-order chi connectivity index (χ0) is 14.5. The molecule has 0 saturated heterocycles. The standard InChI is InChI=1S/C12H10O7/c1-3(13)4-2-5(14)6-7(8(4)15)10(17)12(19)11(18)9(6)16/h2-3,13,16-19H,1H3/t3-/m1/s1. The van der Waals surface area contributed by atoms with Gasteiger partial charge in [-0.1, -0.05) is 0 Å². The molecule has 1 aromatic carbocycles. The van der Waals surface area contributed by atoms with Crippen molar-refractivity contribution < 1.29 is 35.1 Å². The highest BCUT2D eigenvalue weighted by Gasteiger charge is 2.36. The second-order valence-electron chi connectivity index (χ2n) is 4.11. The van der Waals surface area contributed by atoms with E-state index in [4.69, 9.17) is 0 Å². The van der Waals surface area contributed by atoms with E-state index in [0.717, 1.165) is 6.08 Å². The molecule has 0 spiro atoms. The molecule has 19 heavy (non-hydrogen) atoms. The van der Waals surface area contributed by atoms with Gasteiger partial charge in [0.25, 0.3) is 0 Å². The maximum absolute atomic E-state index is 12.0. The Morgan fingerprint density at radius 1 is 0.895 bits per heavy atom. The van der Waals surface area contributed by atoms with Crippen molar-refractivity contribution in [1.82, 2.24) is 0 Å². The summed E-state index contributed by atoms with van der Waals surface area (Å²) in [5.74, 6) is -5.99. The Kier molecular flexibility index (Phi) is 2.71. The third-order valence-corrected chi connectivity index (χ3v) is 2.87. The molecule has 7 heteroatoms. The van der Waals surface area contributed by atoms with Crippen LogP contribution in [-0.2, 0) is 0 Å². The maximum atomic E-state index is 12.0. The quantitative estimate of drug-likeness (QED) is 0.361. The number of aromatic hydroxyl groups is 4. The molecular weight excluding hydrogens is 256 g/mol. The molecule has 100 valence electrons. The van der Waals surface area contributed by atoms with Crippen LogP contribution in [0.15, 0.2) is 11.6 Å². The number of phenols is 4. The molecule has 0 amide bonds. The Morgan fingerprint density at radius 2 is 1.37 bits per heavy atom. The second-order valence-corrected chi connectivity index (χ2v) is 4.11. The lowest BCUT2D eigenvalue weighted by atomic mass is 9.85. The number of rotatable bonds is 1. The first-order valence-corrected chi connectivity index (χ1v) is 5.25. The number of hydrogen-bond acceptors (Lipinski definition) is 7. The molecule has 0 aromatic heterocycles. The van der Waals surface area contributed by atoms with Gasteiger partial charge < -0.3 is 25.5 Å². The average molecular weight is 266 g/mol. The van der Waals surface area contributed by atoms with E-state index in [9.17, 15) is 35.1 Å². The van der Waals surface area contributed by atoms with Gasteiger partial charge >= 0.3 is 0 Å². The van der Waals surface area contributed by atoms with Crippen molar-refractivity contribution in [2.24, 2.45) is 0 Å².